The van der Waals surface area contributed by atoms with Crippen molar-refractivity contribution in [3.05, 3.63) is 53.4 Å². The van der Waals surface area contributed by atoms with Crippen molar-refractivity contribution in [1.29, 1.82) is 5.26 Å². The summed E-state index contributed by atoms with van der Waals surface area (Å²) < 4.78 is 44.0. The highest BCUT2D eigenvalue weighted by Gasteiger charge is 2.19. The van der Waals surface area contributed by atoms with E-state index in [1.54, 1.807) is 31.3 Å². The lowest BCUT2D eigenvalue weighted by molar-refractivity contribution is -0.0495. The van der Waals surface area contributed by atoms with Gasteiger partial charge in [-0.1, -0.05) is 18.2 Å². The molecule has 0 fully saturated rings. The molecule has 124 valence electrons. The number of hydrogen-bond donors (Lipinski definition) is 1. The second kappa shape index (κ2) is 7.55. The van der Waals surface area contributed by atoms with Crippen LogP contribution in [0, 0.1) is 17.1 Å². The lowest BCUT2D eigenvalue weighted by Crippen LogP contribution is -2.05. The van der Waals surface area contributed by atoms with Gasteiger partial charge in [-0.15, -0.1) is 0 Å². The number of nitriles is 1. The molecule has 0 spiro atoms. The Hall–Kier alpha value is -2.94. The number of ether oxygens (including phenoxy) is 1. The van der Waals surface area contributed by atoms with Gasteiger partial charge in [-0.25, -0.2) is 4.39 Å². The van der Waals surface area contributed by atoms with Crippen molar-refractivity contribution in [2.75, 3.05) is 12.4 Å². The van der Waals surface area contributed by atoms with Crippen LogP contribution in [0.15, 0.2) is 36.4 Å². The molecule has 0 aliphatic rings. The van der Waals surface area contributed by atoms with E-state index in [0.717, 1.165) is 6.07 Å². The summed E-state index contributed by atoms with van der Waals surface area (Å²) in [7, 11) is 1.69. The number of nitrogens with one attached hydrogen (secondary N) is 1. The van der Waals surface area contributed by atoms with Gasteiger partial charge >= 0.3 is 6.61 Å². The normalized spacial score (nSPS) is 10.9. The van der Waals surface area contributed by atoms with Crippen molar-refractivity contribution >= 4 is 11.8 Å². The molecule has 1 N–H and O–H groups in total. The van der Waals surface area contributed by atoms with E-state index in [2.05, 4.69) is 10.1 Å². The van der Waals surface area contributed by atoms with Gasteiger partial charge in [-0.2, -0.15) is 14.0 Å². The zero-order valence-corrected chi connectivity index (χ0v) is 13.1. The smallest absolute Gasteiger partial charge is 0.387 e. The third kappa shape index (κ3) is 3.51. The van der Waals surface area contributed by atoms with Crippen LogP contribution in [0.3, 0.4) is 0 Å². The first-order chi connectivity index (χ1) is 11.5. The Kier molecular flexibility index (Phi) is 5.48. The minimum atomic E-state index is -3.09. The first-order valence-corrected chi connectivity index (χ1v) is 7.14. The summed E-state index contributed by atoms with van der Waals surface area (Å²) in [5, 5.41) is 12.3. The number of alkyl halides is 2. The average molecular weight is 332 g/mol. The highest BCUT2D eigenvalue weighted by molar-refractivity contribution is 5.82. The van der Waals surface area contributed by atoms with Gasteiger partial charge < -0.3 is 10.1 Å². The second-order valence-electron chi connectivity index (χ2n) is 4.84. The van der Waals surface area contributed by atoms with Crippen LogP contribution in [-0.2, 0) is 0 Å². The molecule has 6 heteroatoms. The first-order valence-electron chi connectivity index (χ1n) is 7.14. The molecule has 24 heavy (non-hydrogen) atoms. The maximum absolute atomic E-state index is 14.3. The second-order valence-corrected chi connectivity index (χ2v) is 4.84. The van der Waals surface area contributed by atoms with E-state index in [-0.39, 0.29) is 22.4 Å². The molecule has 2 aromatic rings. The molecule has 0 aromatic heterocycles. The van der Waals surface area contributed by atoms with Gasteiger partial charge in [0.25, 0.3) is 0 Å². The lowest BCUT2D eigenvalue weighted by atomic mass is 9.95. The summed E-state index contributed by atoms with van der Waals surface area (Å²) in [4.78, 5) is 0. The third-order valence-electron chi connectivity index (χ3n) is 3.39. The maximum atomic E-state index is 14.3. The highest BCUT2D eigenvalue weighted by atomic mass is 19.3. The number of rotatable bonds is 5. The molecular formula is C18H15F3N2O. The molecule has 0 heterocycles. The zero-order valence-electron chi connectivity index (χ0n) is 13.1. The predicted octanol–water partition coefficient (Wildman–Crippen LogP) is 5.04. The van der Waals surface area contributed by atoms with Gasteiger partial charge in [0.1, 0.15) is 11.6 Å². The lowest BCUT2D eigenvalue weighted by Gasteiger charge is -2.15. The van der Waals surface area contributed by atoms with E-state index >= 15 is 0 Å². The molecule has 0 unspecified atom stereocenters. The first kappa shape index (κ1) is 17.4. The molecule has 0 aliphatic carbocycles. The van der Waals surface area contributed by atoms with Crippen LogP contribution in [0.25, 0.3) is 17.2 Å². The molecule has 3 nitrogen and oxygen atoms in total. The van der Waals surface area contributed by atoms with Gasteiger partial charge in [0.2, 0.25) is 0 Å². The van der Waals surface area contributed by atoms with E-state index < -0.39 is 12.4 Å². The van der Waals surface area contributed by atoms with Crippen molar-refractivity contribution in [1.82, 2.24) is 0 Å². The van der Waals surface area contributed by atoms with E-state index in [1.165, 1.54) is 12.1 Å². The Bertz CT molecular complexity index is 811. The minimum absolute atomic E-state index is 0.150. The zero-order chi connectivity index (χ0) is 17.7. The van der Waals surface area contributed by atoms with Crippen LogP contribution >= 0.6 is 0 Å². The Morgan fingerprint density at radius 2 is 2.04 bits per heavy atom. The molecule has 0 bridgehead atoms. The molecule has 0 aliphatic heterocycles. The summed E-state index contributed by atoms with van der Waals surface area (Å²) in [6, 6.07) is 8.74. The van der Waals surface area contributed by atoms with Crippen LogP contribution in [0.1, 0.15) is 18.1 Å². The Morgan fingerprint density at radius 3 is 2.62 bits per heavy atom. The molecule has 2 rings (SSSR count). The van der Waals surface area contributed by atoms with Gasteiger partial charge in [-0.05, 0) is 36.8 Å². The average Bonchev–Trinajstić information content (AvgIpc) is 2.54. The fourth-order valence-electron chi connectivity index (χ4n) is 2.41. The van der Waals surface area contributed by atoms with Crippen LogP contribution in [0.4, 0.5) is 18.9 Å². The maximum Gasteiger partial charge on any atom is 0.387 e. The van der Waals surface area contributed by atoms with Crippen LogP contribution in [0.5, 0.6) is 5.75 Å². The summed E-state index contributed by atoms with van der Waals surface area (Å²) in [5.41, 5.74) is 1.54. The van der Waals surface area contributed by atoms with Gasteiger partial charge in [0.05, 0.1) is 17.2 Å². The molecule has 2 aromatic carbocycles. The fraction of sp³-hybridized carbons (Fsp3) is 0.167. The van der Waals surface area contributed by atoms with Crippen molar-refractivity contribution < 1.29 is 17.9 Å². The Morgan fingerprint density at radius 1 is 1.29 bits per heavy atom. The number of allylic oxidation sites excluding steroid dienone is 1. The molecule has 0 radical (unpaired) electrons. The predicted molar refractivity (Wildman–Crippen MR) is 87.4 cm³/mol. The monoisotopic (exact) mass is 332 g/mol. The number of halogens is 3. The molecule has 0 saturated heterocycles. The fourth-order valence-corrected chi connectivity index (χ4v) is 2.41. The standard InChI is InChI=1S/C18H15F3N2O/c1-3-5-11-8-13(12(10-22)9-15(11)23-2)17-14(19)6-4-7-16(17)24-18(20)21/h3-9,18,23H,1-2H3/b5-3-. The van der Waals surface area contributed by atoms with Crippen LogP contribution in [0.2, 0.25) is 0 Å². The van der Waals surface area contributed by atoms with Gasteiger partial charge in [0, 0.05) is 18.3 Å². The van der Waals surface area contributed by atoms with E-state index in [0.29, 0.717) is 11.3 Å². The van der Waals surface area contributed by atoms with Crippen molar-refractivity contribution in [2.45, 2.75) is 13.5 Å². The summed E-state index contributed by atoms with van der Waals surface area (Å²) in [5.74, 6) is -1.06. The molecule has 0 saturated carbocycles. The van der Waals surface area contributed by atoms with Crippen LogP contribution in [-0.4, -0.2) is 13.7 Å². The van der Waals surface area contributed by atoms with Gasteiger partial charge in [-0.3, -0.25) is 0 Å². The van der Waals surface area contributed by atoms with Crippen molar-refractivity contribution in [2.24, 2.45) is 0 Å². The SMILES string of the molecule is C/C=C\c1cc(-c2c(F)cccc2OC(F)F)c(C#N)cc1NC. The third-order valence-corrected chi connectivity index (χ3v) is 3.39. The van der Waals surface area contributed by atoms with Crippen molar-refractivity contribution in [3.8, 4) is 22.9 Å². The van der Waals surface area contributed by atoms with E-state index in [1.807, 2.05) is 13.0 Å². The number of anilines is 1. The number of nitrogens with zero attached hydrogens (tertiary/aromatic N) is 1. The number of benzene rings is 2. The largest absolute Gasteiger partial charge is 0.434 e. The molecule has 0 atom stereocenters. The summed E-state index contributed by atoms with van der Waals surface area (Å²) in [6.45, 7) is -1.28. The Labute approximate surface area is 138 Å². The van der Waals surface area contributed by atoms with E-state index in [4.69, 9.17) is 0 Å². The quantitative estimate of drug-likeness (QED) is 0.834. The summed E-state index contributed by atoms with van der Waals surface area (Å²) in [6.07, 6.45) is 3.55. The highest BCUT2D eigenvalue weighted by Crippen LogP contribution is 2.38. The molecular weight excluding hydrogens is 317 g/mol. The summed E-state index contributed by atoms with van der Waals surface area (Å²) >= 11 is 0. The van der Waals surface area contributed by atoms with Gasteiger partial charge in [0.15, 0.2) is 0 Å². The van der Waals surface area contributed by atoms with E-state index in [9.17, 15) is 18.4 Å². The van der Waals surface area contributed by atoms with Crippen LogP contribution < -0.4 is 10.1 Å². The molecule has 0 amide bonds. The minimum Gasteiger partial charge on any atom is -0.434 e. The Balaban J connectivity index is 2.77. The topological polar surface area (TPSA) is 45.0 Å². The number of hydrogen-bond acceptors (Lipinski definition) is 3. The van der Waals surface area contributed by atoms with Crippen molar-refractivity contribution in [3.63, 3.8) is 0 Å².